The average Bonchev–Trinajstić information content (AvgIpc) is 3.04. The van der Waals surface area contributed by atoms with Crippen LogP contribution in [-0.4, -0.2) is 66.6 Å². The Hall–Kier alpha value is -3.91. The van der Waals surface area contributed by atoms with Gasteiger partial charge in [0.2, 0.25) is 0 Å². The van der Waals surface area contributed by atoms with E-state index in [1.165, 1.54) is 16.8 Å². The zero-order valence-electron chi connectivity index (χ0n) is 28.9. The molecule has 1 aliphatic rings. The number of ether oxygens (including phenoxy) is 1. The maximum absolute atomic E-state index is 13.2. The average molecular weight is 628 g/mol. The molecule has 8 heteroatoms. The van der Waals surface area contributed by atoms with Crippen molar-refractivity contribution in [2.24, 2.45) is 0 Å². The van der Waals surface area contributed by atoms with Crippen molar-refractivity contribution in [2.45, 2.75) is 98.3 Å². The molecule has 1 aromatic heterocycles. The highest BCUT2D eigenvalue weighted by molar-refractivity contribution is 6.00. The number of pyridine rings is 1. The van der Waals surface area contributed by atoms with Crippen molar-refractivity contribution in [3.63, 3.8) is 0 Å². The first kappa shape index (κ1) is 35.0. The Morgan fingerprint density at radius 1 is 0.978 bits per heavy atom. The fourth-order valence-electron chi connectivity index (χ4n) is 6.62. The lowest BCUT2D eigenvalue weighted by Gasteiger charge is -2.42. The van der Waals surface area contributed by atoms with Crippen LogP contribution in [0.25, 0.3) is 0 Å². The van der Waals surface area contributed by atoms with E-state index in [0.717, 1.165) is 68.6 Å². The highest BCUT2D eigenvalue weighted by atomic mass is 16.5. The number of piperidine rings is 1. The number of amides is 2. The number of hydrogen-bond donors (Lipinski definition) is 2. The minimum absolute atomic E-state index is 0.0759. The number of methoxy groups -OCH3 is 1. The first-order valence-corrected chi connectivity index (χ1v) is 16.9. The highest BCUT2D eigenvalue weighted by Gasteiger charge is 2.28. The monoisotopic (exact) mass is 627 g/mol. The molecule has 2 aromatic carbocycles. The van der Waals surface area contributed by atoms with Crippen molar-refractivity contribution in [1.82, 2.24) is 20.5 Å². The number of nitrogens with zero attached hydrogens (tertiary/aromatic N) is 3. The van der Waals surface area contributed by atoms with E-state index in [4.69, 9.17) is 4.74 Å². The van der Waals surface area contributed by atoms with Crippen LogP contribution < -0.4 is 20.3 Å². The van der Waals surface area contributed by atoms with Gasteiger partial charge < -0.3 is 25.2 Å². The van der Waals surface area contributed by atoms with Crippen LogP contribution in [0.4, 0.5) is 5.69 Å². The van der Waals surface area contributed by atoms with Crippen LogP contribution in [0.5, 0.6) is 5.75 Å². The molecule has 0 aliphatic carbocycles. The number of anilines is 1. The molecule has 1 unspecified atom stereocenters. The van der Waals surface area contributed by atoms with Gasteiger partial charge in [0, 0.05) is 73.5 Å². The van der Waals surface area contributed by atoms with Gasteiger partial charge in [0.1, 0.15) is 5.75 Å². The molecule has 2 amide bonds. The van der Waals surface area contributed by atoms with Gasteiger partial charge in [0.25, 0.3) is 11.8 Å². The summed E-state index contributed by atoms with van der Waals surface area (Å²) in [5.74, 6) is 0.697. The topological polar surface area (TPSA) is 86.8 Å². The van der Waals surface area contributed by atoms with Gasteiger partial charge in [0.15, 0.2) is 0 Å². The minimum atomic E-state index is -0.0870. The third kappa shape index (κ3) is 9.09. The van der Waals surface area contributed by atoms with Crippen LogP contribution in [-0.2, 0) is 6.54 Å². The van der Waals surface area contributed by atoms with Crippen LogP contribution in [0.3, 0.4) is 0 Å². The van der Waals surface area contributed by atoms with E-state index in [1.54, 1.807) is 7.11 Å². The Bertz CT molecular complexity index is 1430. The Morgan fingerprint density at radius 3 is 2.26 bits per heavy atom. The summed E-state index contributed by atoms with van der Waals surface area (Å²) < 4.78 is 5.41. The van der Waals surface area contributed by atoms with Gasteiger partial charge in [-0.05, 0) is 125 Å². The maximum atomic E-state index is 13.2. The third-order valence-corrected chi connectivity index (χ3v) is 9.42. The van der Waals surface area contributed by atoms with Crippen molar-refractivity contribution >= 4 is 17.5 Å². The number of aryl methyl sites for hydroxylation is 3. The molecule has 0 bridgehead atoms. The number of carbonyl (C=O) groups excluding carboxylic acids is 2. The molecule has 8 nitrogen and oxygen atoms in total. The van der Waals surface area contributed by atoms with E-state index >= 15 is 0 Å². The number of likely N-dealkylation sites (tertiary alicyclic amines) is 1. The van der Waals surface area contributed by atoms with E-state index in [1.807, 2.05) is 57.4 Å². The summed E-state index contributed by atoms with van der Waals surface area (Å²) in [6, 6.07) is 15.0. The molecular formula is C38H53N5O3. The largest absolute Gasteiger partial charge is 0.497 e. The lowest BCUT2D eigenvalue weighted by Crippen LogP contribution is -2.48. The van der Waals surface area contributed by atoms with Crippen molar-refractivity contribution < 1.29 is 14.3 Å². The highest BCUT2D eigenvalue weighted by Crippen LogP contribution is 2.29. The van der Waals surface area contributed by atoms with Crippen LogP contribution in [0.1, 0.15) is 95.8 Å². The summed E-state index contributed by atoms with van der Waals surface area (Å²) in [5.41, 5.74) is 6.61. The Labute approximate surface area is 275 Å². The molecule has 2 heterocycles. The molecule has 46 heavy (non-hydrogen) atoms. The Balaban J connectivity index is 1.31. The predicted molar refractivity (Wildman–Crippen MR) is 187 cm³/mol. The fraction of sp³-hybridized carbons (Fsp3) is 0.500. The van der Waals surface area contributed by atoms with Crippen molar-refractivity contribution in [3.05, 3.63) is 88.2 Å². The second-order valence-electron chi connectivity index (χ2n) is 12.9. The quantitative estimate of drug-likeness (QED) is 0.209. The number of hydrogen-bond acceptors (Lipinski definition) is 6. The molecule has 1 saturated heterocycles. The van der Waals surface area contributed by atoms with Gasteiger partial charge in [0.05, 0.1) is 7.11 Å². The number of benzene rings is 2. The maximum Gasteiger partial charge on any atom is 0.251 e. The molecule has 2 N–H and O–H groups in total. The van der Waals surface area contributed by atoms with Crippen LogP contribution >= 0.6 is 0 Å². The molecule has 4 rings (SSSR count). The molecule has 0 radical (unpaired) electrons. The van der Waals surface area contributed by atoms with E-state index in [9.17, 15) is 9.59 Å². The van der Waals surface area contributed by atoms with Crippen LogP contribution in [0.2, 0.25) is 0 Å². The molecule has 1 fully saturated rings. The van der Waals surface area contributed by atoms with Crippen LogP contribution in [0.15, 0.2) is 54.9 Å². The van der Waals surface area contributed by atoms with E-state index in [2.05, 4.69) is 64.4 Å². The number of rotatable bonds is 14. The molecule has 2 atom stereocenters. The number of carbonyl (C=O) groups is 2. The normalized spacial score (nSPS) is 15.2. The minimum Gasteiger partial charge on any atom is -0.497 e. The zero-order chi connectivity index (χ0) is 33.2. The first-order chi connectivity index (χ1) is 22.1. The molecule has 0 spiro atoms. The van der Waals surface area contributed by atoms with E-state index < -0.39 is 0 Å². The zero-order valence-corrected chi connectivity index (χ0v) is 28.9. The van der Waals surface area contributed by atoms with Gasteiger partial charge in [-0.1, -0.05) is 13.3 Å². The van der Waals surface area contributed by atoms with Crippen molar-refractivity contribution in [1.29, 1.82) is 0 Å². The fourth-order valence-corrected chi connectivity index (χ4v) is 6.62. The lowest BCUT2D eigenvalue weighted by atomic mass is 9.97. The van der Waals surface area contributed by atoms with Gasteiger partial charge >= 0.3 is 0 Å². The summed E-state index contributed by atoms with van der Waals surface area (Å²) in [5, 5.41) is 6.21. The Kier molecular flexibility index (Phi) is 12.6. The summed E-state index contributed by atoms with van der Waals surface area (Å²) >= 11 is 0. The molecule has 248 valence electrons. The van der Waals surface area contributed by atoms with Crippen molar-refractivity contribution in [3.8, 4) is 5.75 Å². The summed E-state index contributed by atoms with van der Waals surface area (Å²) in [4.78, 5) is 35.4. The molecule has 3 aromatic rings. The van der Waals surface area contributed by atoms with Crippen LogP contribution in [0, 0.1) is 20.8 Å². The second-order valence-corrected chi connectivity index (χ2v) is 12.9. The number of aromatic nitrogens is 1. The van der Waals surface area contributed by atoms with Gasteiger partial charge in [-0.3, -0.25) is 14.6 Å². The number of nitrogens with one attached hydrogen (secondary N) is 2. The smallest absolute Gasteiger partial charge is 0.251 e. The standard InChI is InChI=1S/C38H53N5O3/c1-8-9-29(5)41-37(44)31-22-27(3)36(28(4)23-31)38(45)40-19-15-30(6)42-20-16-34(17-21-42)43(25-32-24-39-18-14-26(32)2)33-10-12-35(46-7)13-11-33/h10-14,18,22-24,29-30,34H,8-9,15-17,19-21,25H2,1-7H3,(H,40,45)(H,41,44)/t29?,30-/m1/s1. The lowest BCUT2D eigenvalue weighted by molar-refractivity contribution is 0.0928. The van der Waals surface area contributed by atoms with Gasteiger partial charge in [-0.25, -0.2) is 0 Å². The molecule has 0 saturated carbocycles. The van der Waals surface area contributed by atoms with Crippen molar-refractivity contribution in [2.75, 3.05) is 31.6 Å². The van der Waals surface area contributed by atoms with E-state index in [-0.39, 0.29) is 17.9 Å². The molecule has 1 aliphatic heterocycles. The summed E-state index contributed by atoms with van der Waals surface area (Å²) in [6.45, 7) is 15.8. The SMILES string of the molecule is CCCC(C)NC(=O)c1cc(C)c(C(=O)NCC[C@@H](C)N2CCC(N(Cc3cnccc3C)c3ccc(OC)cc3)CC2)c(C)c1. The predicted octanol–water partition coefficient (Wildman–Crippen LogP) is 6.61. The second kappa shape index (κ2) is 16.6. The van der Waals surface area contributed by atoms with E-state index in [0.29, 0.717) is 29.8 Å². The summed E-state index contributed by atoms with van der Waals surface area (Å²) in [6.07, 6.45) is 8.81. The third-order valence-electron chi connectivity index (χ3n) is 9.42. The van der Waals surface area contributed by atoms with Gasteiger partial charge in [-0.2, -0.15) is 0 Å². The molecular weight excluding hydrogens is 574 g/mol. The first-order valence-electron chi connectivity index (χ1n) is 16.9. The Morgan fingerprint density at radius 2 is 1.65 bits per heavy atom. The van der Waals surface area contributed by atoms with Gasteiger partial charge in [-0.15, -0.1) is 0 Å². The summed E-state index contributed by atoms with van der Waals surface area (Å²) in [7, 11) is 1.70.